The molecule has 0 amide bonds. The average Bonchev–Trinajstić information content (AvgIpc) is 3.16. The lowest BCUT2D eigenvalue weighted by Gasteiger charge is -2.18. The van der Waals surface area contributed by atoms with E-state index in [1.165, 1.54) is 0 Å². The molecule has 0 bridgehead atoms. The Hall–Kier alpha value is -1.66. The van der Waals surface area contributed by atoms with E-state index in [4.69, 9.17) is 10.5 Å². The van der Waals surface area contributed by atoms with E-state index in [1.807, 2.05) is 27.8 Å². The van der Waals surface area contributed by atoms with Crippen LogP contribution in [0.2, 0.25) is 0 Å². The fraction of sp³-hybridized carbons (Fsp3) is 0.538. The minimum Gasteiger partial charge on any atom is -0.381 e. The lowest BCUT2D eigenvalue weighted by Crippen LogP contribution is -2.23. The number of hydrogen-bond donors (Lipinski definition) is 1. The van der Waals surface area contributed by atoms with Crippen LogP contribution >= 0.6 is 0 Å². The van der Waals surface area contributed by atoms with E-state index in [9.17, 15) is 0 Å². The summed E-state index contributed by atoms with van der Waals surface area (Å²) in [7, 11) is 0. The maximum Gasteiger partial charge on any atom is 0.0995 e. The predicted molar refractivity (Wildman–Crippen MR) is 70.9 cm³/mol. The Morgan fingerprint density at radius 1 is 1.53 bits per heavy atom. The molecule has 1 aliphatic heterocycles. The molecule has 0 aliphatic carbocycles. The van der Waals surface area contributed by atoms with Gasteiger partial charge < -0.3 is 10.5 Å². The second-order valence-corrected chi connectivity index (χ2v) is 4.89. The van der Waals surface area contributed by atoms with E-state index in [2.05, 4.69) is 17.0 Å². The fourth-order valence-electron chi connectivity index (χ4n) is 2.50. The van der Waals surface area contributed by atoms with Crippen LogP contribution in [0.25, 0.3) is 5.69 Å². The molecule has 1 saturated heterocycles. The van der Waals surface area contributed by atoms with Gasteiger partial charge in [-0.3, -0.25) is 9.25 Å². The highest BCUT2D eigenvalue weighted by Crippen LogP contribution is 2.27. The molecule has 1 fully saturated rings. The standard InChI is InChI=1S/C13H19N5O/c1-2-17-7-11(5-16-17)18-9-15-6-12(18)13(14)10-3-4-19-8-10/h5-7,9-10,13H,2-4,8,14H2,1H3. The van der Waals surface area contributed by atoms with E-state index in [-0.39, 0.29) is 6.04 Å². The highest BCUT2D eigenvalue weighted by atomic mass is 16.5. The van der Waals surface area contributed by atoms with Crippen LogP contribution in [0, 0.1) is 5.92 Å². The van der Waals surface area contributed by atoms with Crippen molar-refractivity contribution < 1.29 is 4.74 Å². The minimum absolute atomic E-state index is 0.0463. The van der Waals surface area contributed by atoms with Crippen molar-refractivity contribution in [3.05, 3.63) is 30.6 Å². The molecule has 3 heterocycles. The second kappa shape index (κ2) is 5.14. The number of ether oxygens (including phenoxy) is 1. The second-order valence-electron chi connectivity index (χ2n) is 4.89. The Morgan fingerprint density at radius 3 is 3.11 bits per heavy atom. The first kappa shape index (κ1) is 12.4. The molecule has 2 unspecified atom stereocenters. The molecular weight excluding hydrogens is 242 g/mol. The fourth-order valence-corrected chi connectivity index (χ4v) is 2.50. The summed E-state index contributed by atoms with van der Waals surface area (Å²) in [6.07, 6.45) is 8.49. The molecule has 0 saturated carbocycles. The van der Waals surface area contributed by atoms with Gasteiger partial charge in [0, 0.05) is 25.3 Å². The highest BCUT2D eigenvalue weighted by Gasteiger charge is 2.26. The number of hydrogen-bond acceptors (Lipinski definition) is 4. The monoisotopic (exact) mass is 261 g/mol. The van der Waals surface area contributed by atoms with Crippen molar-refractivity contribution in [3.63, 3.8) is 0 Å². The third-order valence-electron chi connectivity index (χ3n) is 3.70. The summed E-state index contributed by atoms with van der Waals surface area (Å²) in [6, 6.07) is -0.0463. The molecule has 0 radical (unpaired) electrons. The van der Waals surface area contributed by atoms with Gasteiger partial charge in [0.15, 0.2) is 0 Å². The first-order valence-corrected chi connectivity index (χ1v) is 6.68. The Labute approximate surface area is 112 Å². The molecule has 102 valence electrons. The van der Waals surface area contributed by atoms with Crippen LogP contribution < -0.4 is 5.73 Å². The molecule has 1 aliphatic rings. The van der Waals surface area contributed by atoms with Crippen molar-refractivity contribution in [1.29, 1.82) is 0 Å². The zero-order valence-corrected chi connectivity index (χ0v) is 11.1. The normalized spacial score (nSPS) is 20.8. The Bertz CT molecular complexity index is 541. The number of aryl methyl sites for hydroxylation is 1. The summed E-state index contributed by atoms with van der Waals surface area (Å²) in [6.45, 7) is 4.46. The number of rotatable bonds is 4. The molecule has 0 spiro atoms. The van der Waals surface area contributed by atoms with E-state index in [1.54, 1.807) is 6.33 Å². The first-order valence-electron chi connectivity index (χ1n) is 6.68. The lowest BCUT2D eigenvalue weighted by molar-refractivity contribution is 0.180. The summed E-state index contributed by atoms with van der Waals surface area (Å²) in [5, 5.41) is 4.29. The zero-order chi connectivity index (χ0) is 13.2. The average molecular weight is 261 g/mol. The van der Waals surface area contributed by atoms with Gasteiger partial charge in [0.2, 0.25) is 0 Å². The molecule has 2 aromatic rings. The molecular formula is C13H19N5O. The van der Waals surface area contributed by atoms with Gasteiger partial charge in [-0.05, 0) is 13.3 Å². The van der Waals surface area contributed by atoms with Gasteiger partial charge in [0.25, 0.3) is 0 Å². The van der Waals surface area contributed by atoms with Gasteiger partial charge in [-0.25, -0.2) is 4.98 Å². The molecule has 2 atom stereocenters. The smallest absolute Gasteiger partial charge is 0.0995 e. The van der Waals surface area contributed by atoms with E-state index in [0.717, 1.165) is 37.6 Å². The maximum atomic E-state index is 6.35. The molecule has 0 aromatic carbocycles. The predicted octanol–water partition coefficient (Wildman–Crippen LogP) is 1.12. The molecule has 2 N–H and O–H groups in total. The van der Waals surface area contributed by atoms with Crippen molar-refractivity contribution in [2.75, 3.05) is 13.2 Å². The van der Waals surface area contributed by atoms with Gasteiger partial charge in [-0.1, -0.05) is 0 Å². The first-order chi connectivity index (χ1) is 9.29. The third-order valence-corrected chi connectivity index (χ3v) is 3.70. The van der Waals surface area contributed by atoms with Gasteiger partial charge in [-0.2, -0.15) is 5.10 Å². The lowest BCUT2D eigenvalue weighted by atomic mass is 9.97. The summed E-state index contributed by atoms with van der Waals surface area (Å²) < 4.78 is 9.33. The van der Waals surface area contributed by atoms with Crippen molar-refractivity contribution in [1.82, 2.24) is 19.3 Å². The van der Waals surface area contributed by atoms with Crippen LogP contribution in [0.5, 0.6) is 0 Å². The molecule has 6 heteroatoms. The van der Waals surface area contributed by atoms with E-state index < -0.39 is 0 Å². The Morgan fingerprint density at radius 2 is 2.42 bits per heavy atom. The zero-order valence-electron chi connectivity index (χ0n) is 11.1. The molecule has 3 rings (SSSR count). The van der Waals surface area contributed by atoms with Crippen molar-refractivity contribution >= 4 is 0 Å². The molecule has 19 heavy (non-hydrogen) atoms. The van der Waals surface area contributed by atoms with E-state index >= 15 is 0 Å². The van der Waals surface area contributed by atoms with Gasteiger partial charge >= 0.3 is 0 Å². The molecule has 6 nitrogen and oxygen atoms in total. The van der Waals surface area contributed by atoms with Crippen LogP contribution in [-0.2, 0) is 11.3 Å². The van der Waals surface area contributed by atoms with E-state index in [0.29, 0.717) is 5.92 Å². The summed E-state index contributed by atoms with van der Waals surface area (Å²) in [5.74, 6) is 0.372. The third kappa shape index (κ3) is 2.29. The van der Waals surface area contributed by atoms with Crippen LogP contribution in [0.1, 0.15) is 25.1 Å². The van der Waals surface area contributed by atoms with Crippen LogP contribution in [-0.4, -0.2) is 32.5 Å². The van der Waals surface area contributed by atoms with Crippen molar-refractivity contribution in [3.8, 4) is 5.69 Å². The van der Waals surface area contributed by atoms with Crippen molar-refractivity contribution in [2.24, 2.45) is 11.7 Å². The van der Waals surface area contributed by atoms with Gasteiger partial charge in [-0.15, -0.1) is 0 Å². The molecule has 2 aromatic heterocycles. The maximum absolute atomic E-state index is 6.35. The van der Waals surface area contributed by atoms with Crippen LogP contribution in [0.4, 0.5) is 0 Å². The van der Waals surface area contributed by atoms with Gasteiger partial charge in [0.1, 0.15) is 0 Å². The quantitative estimate of drug-likeness (QED) is 0.895. The number of imidazole rings is 1. The van der Waals surface area contributed by atoms with Gasteiger partial charge in [0.05, 0.1) is 42.8 Å². The summed E-state index contributed by atoms with van der Waals surface area (Å²) in [4.78, 5) is 4.23. The number of nitrogens with zero attached hydrogens (tertiary/aromatic N) is 4. The number of nitrogens with two attached hydrogens (primary N) is 1. The number of aromatic nitrogens is 4. The van der Waals surface area contributed by atoms with Crippen LogP contribution in [0.3, 0.4) is 0 Å². The van der Waals surface area contributed by atoms with Crippen LogP contribution in [0.15, 0.2) is 24.9 Å². The highest BCUT2D eigenvalue weighted by molar-refractivity contribution is 5.29. The summed E-state index contributed by atoms with van der Waals surface area (Å²) >= 11 is 0. The largest absolute Gasteiger partial charge is 0.381 e. The Kier molecular flexibility index (Phi) is 3.35. The van der Waals surface area contributed by atoms with Crippen molar-refractivity contribution in [2.45, 2.75) is 25.9 Å². The minimum atomic E-state index is -0.0463. The summed E-state index contributed by atoms with van der Waals surface area (Å²) in [5.41, 5.74) is 8.38. The Balaban J connectivity index is 1.88. The topological polar surface area (TPSA) is 70.9 Å². The SMILES string of the molecule is CCn1cc(-n2cncc2C(N)C2CCOC2)cn1.